The zero-order valence-corrected chi connectivity index (χ0v) is 13.2. The molecule has 2 rings (SSSR count). The van der Waals surface area contributed by atoms with Gasteiger partial charge in [-0.3, -0.25) is 0 Å². The molecule has 0 radical (unpaired) electrons. The maximum atomic E-state index is 11.7. The van der Waals surface area contributed by atoms with E-state index in [1.54, 1.807) is 0 Å². The fourth-order valence-electron chi connectivity index (χ4n) is 2.12. The van der Waals surface area contributed by atoms with E-state index in [1.807, 2.05) is 48.5 Å². The van der Waals surface area contributed by atoms with E-state index in [9.17, 15) is 4.79 Å². The Morgan fingerprint density at radius 1 is 1.04 bits per heavy atom. The lowest BCUT2D eigenvalue weighted by Crippen LogP contribution is -2.37. The molecule has 0 aliphatic heterocycles. The minimum absolute atomic E-state index is 0.0186. The molecule has 0 aromatic heterocycles. The summed E-state index contributed by atoms with van der Waals surface area (Å²) in [6, 6.07) is 14.9. The fourth-order valence-corrected chi connectivity index (χ4v) is 2.12. The van der Waals surface area contributed by atoms with E-state index in [-0.39, 0.29) is 19.4 Å². The van der Waals surface area contributed by atoms with Crippen LogP contribution in [0.25, 0.3) is 0 Å². The number of aliphatic hydroxyl groups is 1. The number of para-hydroxylation sites is 1. The minimum Gasteiger partial charge on any atom is -0.473 e. The molecule has 0 fully saturated rings. The number of hydrogen-bond acceptors (Lipinski definition) is 3. The largest absolute Gasteiger partial charge is 0.473 e. The Balaban J connectivity index is 1.72. The molecule has 0 heterocycles. The fraction of sp³-hybridized carbons (Fsp3) is 0.278. The average molecular weight is 314 g/mol. The number of rotatable bonds is 7. The van der Waals surface area contributed by atoms with Gasteiger partial charge >= 0.3 is 6.03 Å². The van der Waals surface area contributed by atoms with Gasteiger partial charge < -0.3 is 20.5 Å². The van der Waals surface area contributed by atoms with Crippen molar-refractivity contribution < 1.29 is 14.6 Å². The highest BCUT2D eigenvalue weighted by atomic mass is 16.5. The first-order valence-corrected chi connectivity index (χ1v) is 7.64. The van der Waals surface area contributed by atoms with E-state index < -0.39 is 0 Å². The van der Waals surface area contributed by atoms with E-state index in [0.29, 0.717) is 6.54 Å². The molecule has 23 heavy (non-hydrogen) atoms. The van der Waals surface area contributed by atoms with Crippen molar-refractivity contribution in [2.75, 3.05) is 6.73 Å². The molecule has 0 atom stereocenters. The van der Waals surface area contributed by atoms with Gasteiger partial charge in [0.15, 0.2) is 6.73 Å². The first kappa shape index (κ1) is 16.8. The predicted molar refractivity (Wildman–Crippen MR) is 89.1 cm³/mol. The molecule has 0 aliphatic rings. The second-order valence-electron chi connectivity index (χ2n) is 5.08. The van der Waals surface area contributed by atoms with E-state index in [4.69, 9.17) is 9.84 Å². The standard InChI is InChI=1S/C18H22N2O3/c1-2-16-5-3-4-6-17(16)23-13-20-18(22)19-11-14-7-9-15(12-21)10-8-14/h3-10,21H,2,11-13H2,1H3,(H2,19,20,22). The number of ether oxygens (including phenoxy) is 1. The molecular formula is C18H22N2O3. The van der Waals surface area contributed by atoms with Crippen molar-refractivity contribution in [1.29, 1.82) is 0 Å². The third-order valence-electron chi connectivity index (χ3n) is 3.47. The monoisotopic (exact) mass is 314 g/mol. The van der Waals surface area contributed by atoms with Gasteiger partial charge in [-0.25, -0.2) is 4.79 Å². The highest BCUT2D eigenvalue weighted by Gasteiger charge is 2.03. The molecule has 122 valence electrons. The van der Waals surface area contributed by atoms with Gasteiger partial charge in [-0.05, 0) is 29.2 Å². The summed E-state index contributed by atoms with van der Waals surface area (Å²) in [5.41, 5.74) is 2.93. The van der Waals surface area contributed by atoms with Crippen LogP contribution in [0.1, 0.15) is 23.6 Å². The summed E-state index contributed by atoms with van der Waals surface area (Å²) in [4.78, 5) is 11.7. The molecule has 0 spiro atoms. The Kier molecular flexibility index (Phi) is 6.44. The Morgan fingerprint density at radius 2 is 1.74 bits per heavy atom. The Labute approximate surface area is 136 Å². The number of amides is 2. The number of hydrogen-bond donors (Lipinski definition) is 3. The van der Waals surface area contributed by atoms with Gasteiger partial charge in [0.2, 0.25) is 0 Å². The van der Waals surface area contributed by atoms with Gasteiger partial charge in [0, 0.05) is 6.54 Å². The highest BCUT2D eigenvalue weighted by molar-refractivity contribution is 5.73. The molecule has 0 saturated carbocycles. The van der Waals surface area contributed by atoms with Crippen LogP contribution in [0.5, 0.6) is 5.75 Å². The van der Waals surface area contributed by atoms with Crippen molar-refractivity contribution in [1.82, 2.24) is 10.6 Å². The quantitative estimate of drug-likeness (QED) is 0.688. The first-order valence-electron chi connectivity index (χ1n) is 7.64. The second kappa shape index (κ2) is 8.80. The summed E-state index contributed by atoms with van der Waals surface area (Å²) >= 11 is 0. The van der Waals surface area contributed by atoms with E-state index in [0.717, 1.165) is 28.9 Å². The van der Waals surface area contributed by atoms with Crippen molar-refractivity contribution in [3.05, 3.63) is 65.2 Å². The van der Waals surface area contributed by atoms with Crippen molar-refractivity contribution in [3.63, 3.8) is 0 Å². The van der Waals surface area contributed by atoms with Crippen LogP contribution in [0.2, 0.25) is 0 Å². The van der Waals surface area contributed by atoms with Gasteiger partial charge in [0.25, 0.3) is 0 Å². The number of benzene rings is 2. The summed E-state index contributed by atoms with van der Waals surface area (Å²) in [5, 5.41) is 14.4. The summed E-state index contributed by atoms with van der Waals surface area (Å²) in [6.07, 6.45) is 0.881. The summed E-state index contributed by atoms with van der Waals surface area (Å²) < 4.78 is 5.58. The molecule has 5 heteroatoms. The summed E-state index contributed by atoms with van der Waals surface area (Å²) in [6.45, 7) is 2.62. The maximum absolute atomic E-state index is 11.7. The first-order chi connectivity index (χ1) is 11.2. The molecule has 2 aromatic carbocycles. The van der Waals surface area contributed by atoms with E-state index in [2.05, 4.69) is 17.6 Å². The lowest BCUT2D eigenvalue weighted by atomic mass is 10.1. The number of carbonyl (C=O) groups is 1. The molecule has 0 aliphatic carbocycles. The number of nitrogens with one attached hydrogen (secondary N) is 2. The molecule has 2 aromatic rings. The predicted octanol–water partition coefficient (Wildman–Crippen LogP) is 2.58. The Hall–Kier alpha value is -2.53. The van der Waals surface area contributed by atoms with Crippen LogP contribution in [0.3, 0.4) is 0 Å². The number of aliphatic hydroxyl groups excluding tert-OH is 1. The van der Waals surface area contributed by atoms with Crippen molar-refractivity contribution >= 4 is 6.03 Å². The Bertz CT molecular complexity index is 626. The number of urea groups is 1. The number of carbonyl (C=O) groups excluding carboxylic acids is 1. The minimum atomic E-state index is -0.287. The normalized spacial score (nSPS) is 10.2. The van der Waals surface area contributed by atoms with E-state index >= 15 is 0 Å². The van der Waals surface area contributed by atoms with Crippen molar-refractivity contribution in [3.8, 4) is 5.75 Å². The van der Waals surface area contributed by atoms with Crippen LogP contribution in [0.4, 0.5) is 4.79 Å². The molecule has 0 bridgehead atoms. The molecule has 3 N–H and O–H groups in total. The van der Waals surface area contributed by atoms with Gasteiger partial charge in [-0.1, -0.05) is 49.4 Å². The van der Waals surface area contributed by atoms with E-state index in [1.165, 1.54) is 0 Å². The van der Waals surface area contributed by atoms with Gasteiger partial charge in [0.1, 0.15) is 5.75 Å². The van der Waals surface area contributed by atoms with Gasteiger partial charge in [-0.15, -0.1) is 0 Å². The smallest absolute Gasteiger partial charge is 0.317 e. The molecule has 0 saturated heterocycles. The van der Waals surface area contributed by atoms with Gasteiger partial charge in [-0.2, -0.15) is 0 Å². The summed E-state index contributed by atoms with van der Waals surface area (Å²) in [5.74, 6) is 0.787. The number of aryl methyl sites for hydroxylation is 1. The molecule has 5 nitrogen and oxygen atoms in total. The maximum Gasteiger partial charge on any atom is 0.317 e. The topological polar surface area (TPSA) is 70.6 Å². The van der Waals surface area contributed by atoms with Gasteiger partial charge in [0.05, 0.1) is 6.61 Å². The zero-order chi connectivity index (χ0) is 16.5. The van der Waals surface area contributed by atoms with Crippen molar-refractivity contribution in [2.24, 2.45) is 0 Å². The average Bonchev–Trinajstić information content (AvgIpc) is 2.61. The molecule has 2 amide bonds. The second-order valence-corrected chi connectivity index (χ2v) is 5.08. The van der Waals surface area contributed by atoms with Crippen LogP contribution < -0.4 is 15.4 Å². The highest BCUT2D eigenvalue weighted by Crippen LogP contribution is 2.17. The van der Waals surface area contributed by atoms with Crippen LogP contribution in [0.15, 0.2) is 48.5 Å². The molecule has 0 unspecified atom stereocenters. The van der Waals surface area contributed by atoms with Crippen LogP contribution in [0, 0.1) is 0 Å². The third-order valence-corrected chi connectivity index (χ3v) is 3.47. The van der Waals surface area contributed by atoms with Crippen molar-refractivity contribution in [2.45, 2.75) is 26.5 Å². The lowest BCUT2D eigenvalue weighted by molar-refractivity contribution is 0.223. The zero-order valence-electron chi connectivity index (χ0n) is 13.2. The lowest BCUT2D eigenvalue weighted by Gasteiger charge is -2.12. The van der Waals surface area contributed by atoms with Crippen LogP contribution in [-0.2, 0) is 19.6 Å². The molecular weight excluding hydrogens is 292 g/mol. The Morgan fingerprint density at radius 3 is 2.43 bits per heavy atom. The third kappa shape index (κ3) is 5.30. The SMILES string of the molecule is CCc1ccccc1OCNC(=O)NCc1ccc(CO)cc1. The van der Waals surface area contributed by atoms with Crippen LogP contribution in [-0.4, -0.2) is 17.9 Å². The summed E-state index contributed by atoms with van der Waals surface area (Å²) in [7, 11) is 0. The van der Waals surface area contributed by atoms with Crippen LogP contribution >= 0.6 is 0 Å².